The average molecular weight is 435 g/mol. The number of aromatic amines is 1. The molecule has 0 fully saturated rings. The molecule has 0 aliphatic carbocycles. The number of carbonyl (C=O) groups is 2. The summed E-state index contributed by atoms with van der Waals surface area (Å²) in [4.78, 5) is 33.9. The Balaban J connectivity index is 1.30. The summed E-state index contributed by atoms with van der Waals surface area (Å²) in [5.74, 6) is -0.373. The van der Waals surface area contributed by atoms with Gasteiger partial charge in [-0.1, -0.05) is 30.3 Å². The van der Waals surface area contributed by atoms with Crippen LogP contribution in [-0.2, 0) is 9.59 Å². The molecule has 2 aromatic carbocycles. The van der Waals surface area contributed by atoms with Gasteiger partial charge in [0.2, 0.25) is 11.8 Å². The van der Waals surface area contributed by atoms with Crippen molar-refractivity contribution in [2.75, 3.05) is 10.6 Å². The summed E-state index contributed by atoms with van der Waals surface area (Å²) in [7, 11) is 0. The van der Waals surface area contributed by atoms with Crippen LogP contribution in [0.2, 0.25) is 0 Å². The van der Waals surface area contributed by atoms with Crippen LogP contribution in [0.1, 0.15) is 12.1 Å². The van der Waals surface area contributed by atoms with E-state index in [2.05, 4.69) is 26.7 Å². The molecule has 5 rings (SSSR count). The molecule has 1 aliphatic heterocycles. The van der Waals surface area contributed by atoms with Crippen LogP contribution in [0, 0.1) is 6.92 Å². The topological polar surface area (TPSA) is 86.9 Å². The Morgan fingerprint density at radius 2 is 1.97 bits per heavy atom. The number of aromatic nitrogens is 2. The minimum atomic E-state index is -0.463. The van der Waals surface area contributed by atoms with Gasteiger partial charge < -0.3 is 15.6 Å². The van der Waals surface area contributed by atoms with Gasteiger partial charge in [0.1, 0.15) is 0 Å². The Labute approximate surface area is 181 Å². The molecule has 1 aliphatic rings. The zero-order chi connectivity index (χ0) is 20.7. The molecule has 3 N–H and O–H groups in total. The molecule has 2 amide bonds. The molecule has 1 unspecified atom stereocenters. The van der Waals surface area contributed by atoms with Crippen molar-refractivity contribution < 1.29 is 9.59 Å². The van der Waals surface area contributed by atoms with Crippen LogP contribution in [0.5, 0.6) is 0 Å². The number of benzene rings is 2. The van der Waals surface area contributed by atoms with Gasteiger partial charge in [0.25, 0.3) is 0 Å². The molecular weight excluding hydrogens is 416 g/mol. The molecule has 8 heteroatoms. The molecule has 0 saturated heterocycles. The summed E-state index contributed by atoms with van der Waals surface area (Å²) in [6.07, 6.45) is 0.0891. The van der Waals surface area contributed by atoms with Gasteiger partial charge in [0.05, 0.1) is 16.6 Å². The highest BCUT2D eigenvalue weighted by Crippen LogP contribution is 2.37. The number of aryl methyl sites for hydroxylation is 1. The lowest BCUT2D eigenvalue weighted by molar-refractivity contribution is -0.120. The molecule has 0 saturated carbocycles. The molecule has 150 valence electrons. The van der Waals surface area contributed by atoms with E-state index in [4.69, 9.17) is 0 Å². The van der Waals surface area contributed by atoms with Crippen LogP contribution in [0.25, 0.3) is 22.2 Å². The maximum Gasteiger partial charge on any atom is 0.238 e. The second-order valence-corrected chi connectivity index (χ2v) is 9.16. The van der Waals surface area contributed by atoms with Crippen molar-refractivity contribution in [1.29, 1.82) is 0 Å². The first-order chi connectivity index (χ1) is 14.6. The van der Waals surface area contributed by atoms with Crippen molar-refractivity contribution in [3.8, 4) is 11.3 Å². The van der Waals surface area contributed by atoms with Gasteiger partial charge in [-0.3, -0.25) is 9.59 Å². The first-order valence-corrected chi connectivity index (χ1v) is 11.2. The number of para-hydroxylation sites is 2. The van der Waals surface area contributed by atoms with Crippen molar-refractivity contribution in [3.63, 3.8) is 0 Å². The Kier molecular flexibility index (Phi) is 4.80. The van der Waals surface area contributed by atoms with E-state index < -0.39 is 5.25 Å². The molecule has 0 spiro atoms. The zero-order valence-electron chi connectivity index (χ0n) is 16.1. The highest BCUT2D eigenvalue weighted by Gasteiger charge is 2.29. The molecule has 4 aromatic rings. The van der Waals surface area contributed by atoms with E-state index in [1.807, 2.05) is 54.8 Å². The number of amides is 2. The number of carbonyl (C=O) groups excluding carboxylic acids is 2. The van der Waals surface area contributed by atoms with Crippen molar-refractivity contribution in [2.45, 2.75) is 23.5 Å². The fraction of sp³-hybridized carbons (Fsp3) is 0.136. The van der Waals surface area contributed by atoms with E-state index in [1.165, 1.54) is 23.1 Å². The van der Waals surface area contributed by atoms with Gasteiger partial charge in [-0.05, 0) is 25.1 Å². The Hall–Kier alpha value is -3.10. The molecule has 3 heterocycles. The minimum absolute atomic E-state index is 0.0891. The fourth-order valence-corrected chi connectivity index (χ4v) is 5.45. The smallest absolute Gasteiger partial charge is 0.238 e. The Morgan fingerprint density at radius 1 is 1.17 bits per heavy atom. The summed E-state index contributed by atoms with van der Waals surface area (Å²) in [6, 6.07) is 15.7. The van der Waals surface area contributed by atoms with Gasteiger partial charge in [-0.15, -0.1) is 23.1 Å². The third-order valence-corrected chi connectivity index (χ3v) is 7.01. The van der Waals surface area contributed by atoms with E-state index in [9.17, 15) is 9.59 Å². The van der Waals surface area contributed by atoms with Gasteiger partial charge in [-0.25, -0.2) is 4.98 Å². The number of rotatable bonds is 4. The number of hydrogen-bond acceptors (Lipinski definition) is 5. The molecule has 0 radical (unpaired) electrons. The number of thioether (sulfide) groups is 1. The Morgan fingerprint density at radius 3 is 2.87 bits per heavy atom. The quantitative estimate of drug-likeness (QED) is 0.420. The van der Waals surface area contributed by atoms with Crippen molar-refractivity contribution in [1.82, 2.24) is 9.97 Å². The van der Waals surface area contributed by atoms with Gasteiger partial charge in [0.15, 0.2) is 5.13 Å². The predicted octanol–water partition coefficient (Wildman–Crippen LogP) is 5.04. The predicted molar refractivity (Wildman–Crippen MR) is 122 cm³/mol. The van der Waals surface area contributed by atoms with E-state index in [0.717, 1.165) is 38.4 Å². The zero-order valence-corrected chi connectivity index (χ0v) is 17.7. The summed E-state index contributed by atoms with van der Waals surface area (Å²) in [6.45, 7) is 2.02. The number of nitrogens with one attached hydrogen (secondary N) is 3. The van der Waals surface area contributed by atoms with E-state index in [-0.39, 0.29) is 18.2 Å². The summed E-state index contributed by atoms with van der Waals surface area (Å²) in [5.41, 5.74) is 4.76. The molecule has 30 heavy (non-hydrogen) atoms. The number of hydrogen-bond donors (Lipinski definition) is 3. The molecule has 6 nitrogen and oxygen atoms in total. The van der Waals surface area contributed by atoms with Crippen LogP contribution in [0.4, 0.5) is 10.8 Å². The van der Waals surface area contributed by atoms with Gasteiger partial charge in [0, 0.05) is 38.9 Å². The van der Waals surface area contributed by atoms with E-state index >= 15 is 0 Å². The van der Waals surface area contributed by atoms with Crippen LogP contribution in [0.3, 0.4) is 0 Å². The number of H-pyrrole nitrogens is 1. The minimum Gasteiger partial charge on any atom is -0.358 e. The second kappa shape index (κ2) is 7.62. The van der Waals surface area contributed by atoms with E-state index in [1.54, 1.807) is 0 Å². The second-order valence-electron chi connectivity index (χ2n) is 7.05. The van der Waals surface area contributed by atoms with Crippen molar-refractivity contribution in [3.05, 3.63) is 59.6 Å². The maximum absolute atomic E-state index is 12.6. The molecule has 0 bridgehead atoms. The third-order valence-electron chi connectivity index (χ3n) is 4.98. The lowest BCUT2D eigenvalue weighted by Gasteiger charge is -2.23. The van der Waals surface area contributed by atoms with Crippen molar-refractivity contribution in [2.24, 2.45) is 0 Å². The first kappa shape index (κ1) is 18.9. The SMILES string of the molecule is Cc1[nH]c2ccccc2c1-c1csc(NC(=O)CC2Sc3ccccc3NC2=O)n1. The molecule has 2 aromatic heterocycles. The average Bonchev–Trinajstić information content (AvgIpc) is 3.31. The fourth-order valence-electron chi connectivity index (χ4n) is 3.62. The van der Waals surface area contributed by atoms with Crippen LogP contribution < -0.4 is 10.6 Å². The highest BCUT2D eigenvalue weighted by atomic mass is 32.2. The standard InChI is InChI=1S/C22H18N4O2S2/c1-12-20(13-6-2-3-7-14(13)23-12)16-11-29-22(25-16)26-19(27)10-18-21(28)24-15-8-4-5-9-17(15)30-18/h2-9,11,18,23H,10H2,1H3,(H,24,28)(H,25,26,27). The maximum atomic E-state index is 12.6. The third kappa shape index (κ3) is 3.48. The lowest BCUT2D eigenvalue weighted by Crippen LogP contribution is -2.32. The number of anilines is 2. The number of thiazole rings is 1. The highest BCUT2D eigenvalue weighted by molar-refractivity contribution is 8.01. The summed E-state index contributed by atoms with van der Waals surface area (Å²) >= 11 is 2.80. The molecule has 1 atom stereocenters. The lowest BCUT2D eigenvalue weighted by atomic mass is 10.1. The van der Waals surface area contributed by atoms with E-state index in [0.29, 0.717) is 5.13 Å². The normalized spacial score (nSPS) is 15.6. The van der Waals surface area contributed by atoms with Gasteiger partial charge in [-0.2, -0.15) is 0 Å². The first-order valence-electron chi connectivity index (χ1n) is 9.48. The van der Waals surface area contributed by atoms with Gasteiger partial charge >= 0.3 is 0 Å². The monoisotopic (exact) mass is 434 g/mol. The summed E-state index contributed by atoms with van der Waals surface area (Å²) < 4.78 is 0. The van der Waals surface area contributed by atoms with Crippen LogP contribution in [-0.4, -0.2) is 27.0 Å². The van der Waals surface area contributed by atoms with Crippen LogP contribution in [0.15, 0.2) is 58.8 Å². The Bertz CT molecular complexity index is 1280. The van der Waals surface area contributed by atoms with Crippen molar-refractivity contribution >= 4 is 56.6 Å². The number of nitrogens with zero attached hydrogens (tertiary/aromatic N) is 1. The largest absolute Gasteiger partial charge is 0.358 e. The van der Waals surface area contributed by atoms with Crippen LogP contribution >= 0.6 is 23.1 Å². The number of fused-ring (bicyclic) bond motifs is 2. The molecular formula is C22H18N4O2S2. The summed E-state index contributed by atoms with van der Waals surface area (Å²) in [5, 5.41) is 8.83.